The van der Waals surface area contributed by atoms with Crippen molar-refractivity contribution in [1.82, 2.24) is 5.32 Å². The summed E-state index contributed by atoms with van der Waals surface area (Å²) in [4.78, 5) is 10.8. The second kappa shape index (κ2) is 7.45. The van der Waals surface area contributed by atoms with Crippen LogP contribution in [0.1, 0.15) is 25.0 Å². The second-order valence-electron chi connectivity index (χ2n) is 4.46. The molecule has 0 spiro atoms. The van der Waals surface area contributed by atoms with E-state index in [4.69, 9.17) is 16.7 Å². The van der Waals surface area contributed by atoms with Crippen molar-refractivity contribution in [2.45, 2.75) is 31.6 Å². The molecule has 0 amide bonds. The fourth-order valence-electron chi connectivity index (χ4n) is 1.70. The molecule has 4 N–H and O–H groups in total. The molecule has 1 rings (SSSR count). The molecule has 5 nitrogen and oxygen atoms in total. The Hall–Kier alpha value is -1.14. The highest BCUT2D eigenvalue weighted by Crippen LogP contribution is 2.21. The van der Waals surface area contributed by atoms with E-state index in [9.17, 15) is 15.0 Å². The van der Waals surface area contributed by atoms with Crippen LogP contribution in [-0.2, 0) is 4.79 Å². The average Bonchev–Trinajstić information content (AvgIpc) is 2.34. The number of aliphatic carboxylic acids is 1. The van der Waals surface area contributed by atoms with Gasteiger partial charge in [0.05, 0.1) is 18.6 Å². The average molecular weight is 288 g/mol. The lowest BCUT2D eigenvalue weighted by molar-refractivity contribution is -0.138. The van der Waals surface area contributed by atoms with E-state index in [-0.39, 0.29) is 13.0 Å². The smallest absolute Gasteiger partial charge is 0.305 e. The van der Waals surface area contributed by atoms with E-state index >= 15 is 0 Å². The maximum atomic E-state index is 10.8. The Labute approximate surface area is 116 Å². The topological polar surface area (TPSA) is 89.8 Å². The summed E-state index contributed by atoms with van der Waals surface area (Å²) in [6, 6.07) is 5.88. The third-order valence-corrected chi connectivity index (χ3v) is 2.91. The fourth-order valence-corrected chi connectivity index (χ4v) is 1.82. The lowest BCUT2D eigenvalue weighted by Gasteiger charge is -2.24. The van der Waals surface area contributed by atoms with Crippen LogP contribution in [0, 0.1) is 0 Å². The number of nitrogens with one attached hydrogen (secondary N) is 1. The van der Waals surface area contributed by atoms with Crippen molar-refractivity contribution in [1.29, 1.82) is 0 Å². The molecule has 6 heteroatoms. The van der Waals surface area contributed by atoms with E-state index in [0.29, 0.717) is 10.6 Å². The third kappa shape index (κ3) is 5.57. The van der Waals surface area contributed by atoms with Gasteiger partial charge in [-0.05, 0) is 24.6 Å². The first-order valence-electron chi connectivity index (χ1n) is 5.97. The lowest BCUT2D eigenvalue weighted by atomic mass is 9.99. The monoisotopic (exact) mass is 287 g/mol. The predicted octanol–water partition coefficient (Wildman–Crippen LogP) is 1.19. The zero-order chi connectivity index (χ0) is 14.4. The Morgan fingerprint density at radius 3 is 2.37 bits per heavy atom. The van der Waals surface area contributed by atoms with Crippen molar-refractivity contribution < 1.29 is 20.1 Å². The van der Waals surface area contributed by atoms with Crippen LogP contribution < -0.4 is 5.32 Å². The van der Waals surface area contributed by atoms with E-state index in [0.717, 1.165) is 0 Å². The molecule has 0 fully saturated rings. The first-order valence-corrected chi connectivity index (χ1v) is 6.34. The van der Waals surface area contributed by atoms with Gasteiger partial charge in [-0.15, -0.1) is 0 Å². The molecule has 0 saturated carbocycles. The van der Waals surface area contributed by atoms with Gasteiger partial charge in [-0.25, -0.2) is 0 Å². The zero-order valence-electron chi connectivity index (χ0n) is 10.6. The highest BCUT2D eigenvalue weighted by atomic mass is 35.5. The summed E-state index contributed by atoms with van der Waals surface area (Å²) in [5.74, 6) is -1.02. The summed E-state index contributed by atoms with van der Waals surface area (Å²) in [5, 5.41) is 31.6. The van der Waals surface area contributed by atoms with Crippen LogP contribution in [0.2, 0.25) is 5.02 Å². The molecule has 19 heavy (non-hydrogen) atoms. The summed E-state index contributed by atoms with van der Waals surface area (Å²) in [6.45, 7) is 1.79. The summed E-state index contributed by atoms with van der Waals surface area (Å²) >= 11 is 5.76. The number of hydrogen-bond acceptors (Lipinski definition) is 4. The molecular weight excluding hydrogens is 270 g/mol. The van der Waals surface area contributed by atoms with Gasteiger partial charge in [0, 0.05) is 17.6 Å². The summed E-state index contributed by atoms with van der Waals surface area (Å²) in [6.07, 6.45) is -1.84. The molecule has 106 valence electrons. The van der Waals surface area contributed by atoms with Crippen LogP contribution >= 0.6 is 11.6 Å². The van der Waals surface area contributed by atoms with Gasteiger partial charge in [0.15, 0.2) is 0 Å². The van der Waals surface area contributed by atoms with Crippen molar-refractivity contribution in [3.05, 3.63) is 34.9 Å². The van der Waals surface area contributed by atoms with Gasteiger partial charge in [0.1, 0.15) is 0 Å². The van der Waals surface area contributed by atoms with Crippen LogP contribution in [0.25, 0.3) is 0 Å². The minimum absolute atomic E-state index is 0.211. The number of benzene rings is 1. The van der Waals surface area contributed by atoms with Crippen LogP contribution in [0.15, 0.2) is 24.3 Å². The fraction of sp³-hybridized carbons (Fsp3) is 0.462. The summed E-state index contributed by atoms with van der Waals surface area (Å²) in [5.41, 5.74) is 0.578. The Bertz CT molecular complexity index is 408. The van der Waals surface area contributed by atoms with Crippen LogP contribution in [0.5, 0.6) is 0 Å². The SMILES string of the molecule is CC(O)CNC(CC(=O)O)C(O)c1ccc(Cl)cc1. The van der Waals surface area contributed by atoms with Gasteiger partial charge < -0.3 is 20.6 Å². The predicted molar refractivity (Wildman–Crippen MR) is 72.1 cm³/mol. The van der Waals surface area contributed by atoms with Gasteiger partial charge in [-0.3, -0.25) is 4.79 Å². The maximum absolute atomic E-state index is 10.8. The van der Waals surface area contributed by atoms with E-state index < -0.39 is 24.2 Å². The molecule has 0 saturated heterocycles. The highest BCUT2D eigenvalue weighted by molar-refractivity contribution is 6.30. The van der Waals surface area contributed by atoms with Crippen molar-refractivity contribution in [3.63, 3.8) is 0 Å². The van der Waals surface area contributed by atoms with Gasteiger partial charge >= 0.3 is 5.97 Å². The number of aliphatic hydroxyl groups excluding tert-OH is 2. The molecular formula is C13H18ClNO4. The van der Waals surface area contributed by atoms with Crippen LogP contribution in [-0.4, -0.2) is 40.0 Å². The highest BCUT2D eigenvalue weighted by Gasteiger charge is 2.23. The largest absolute Gasteiger partial charge is 0.481 e. The van der Waals surface area contributed by atoms with E-state index in [1.54, 1.807) is 31.2 Å². The quantitative estimate of drug-likeness (QED) is 0.605. The Balaban J connectivity index is 2.77. The summed E-state index contributed by atoms with van der Waals surface area (Å²) in [7, 11) is 0. The molecule has 0 aromatic heterocycles. The van der Waals surface area contributed by atoms with Crippen molar-refractivity contribution in [2.75, 3.05) is 6.54 Å². The second-order valence-corrected chi connectivity index (χ2v) is 4.89. The molecule has 0 bridgehead atoms. The Morgan fingerprint density at radius 1 is 1.32 bits per heavy atom. The zero-order valence-corrected chi connectivity index (χ0v) is 11.3. The molecule has 3 atom stereocenters. The number of aliphatic hydroxyl groups is 2. The Morgan fingerprint density at radius 2 is 1.89 bits per heavy atom. The molecule has 0 heterocycles. The van der Waals surface area contributed by atoms with Gasteiger partial charge in [-0.2, -0.15) is 0 Å². The van der Waals surface area contributed by atoms with Gasteiger partial charge in [-0.1, -0.05) is 23.7 Å². The molecule has 0 aliphatic rings. The van der Waals surface area contributed by atoms with E-state index in [2.05, 4.69) is 5.32 Å². The Kier molecular flexibility index (Phi) is 6.24. The molecule has 1 aromatic carbocycles. The number of halogens is 1. The van der Waals surface area contributed by atoms with Gasteiger partial charge in [0.25, 0.3) is 0 Å². The molecule has 0 radical (unpaired) electrons. The molecule has 3 unspecified atom stereocenters. The van der Waals surface area contributed by atoms with Crippen molar-refractivity contribution >= 4 is 17.6 Å². The normalized spacial score (nSPS) is 15.8. The molecule has 0 aliphatic carbocycles. The number of hydrogen-bond donors (Lipinski definition) is 4. The first-order chi connectivity index (χ1) is 8.90. The standard InChI is InChI=1S/C13H18ClNO4/c1-8(16)7-15-11(6-12(17)18)13(19)9-2-4-10(14)5-3-9/h2-5,8,11,13,15-16,19H,6-7H2,1H3,(H,17,18). The van der Waals surface area contributed by atoms with E-state index in [1.165, 1.54) is 0 Å². The minimum atomic E-state index is -1.02. The lowest BCUT2D eigenvalue weighted by Crippen LogP contribution is -2.40. The number of carboxylic acid groups (broad SMARTS) is 1. The van der Waals surface area contributed by atoms with Crippen LogP contribution in [0.3, 0.4) is 0 Å². The van der Waals surface area contributed by atoms with Crippen molar-refractivity contribution in [3.8, 4) is 0 Å². The third-order valence-electron chi connectivity index (χ3n) is 2.66. The summed E-state index contributed by atoms with van der Waals surface area (Å²) < 4.78 is 0. The van der Waals surface area contributed by atoms with Gasteiger partial charge in [0.2, 0.25) is 0 Å². The maximum Gasteiger partial charge on any atom is 0.305 e. The number of carbonyl (C=O) groups is 1. The van der Waals surface area contributed by atoms with Crippen molar-refractivity contribution in [2.24, 2.45) is 0 Å². The first kappa shape index (κ1) is 15.9. The number of carboxylic acids is 1. The minimum Gasteiger partial charge on any atom is -0.481 e. The van der Waals surface area contributed by atoms with E-state index in [1.807, 2.05) is 0 Å². The molecule has 0 aliphatic heterocycles. The number of rotatable bonds is 7. The molecule has 1 aromatic rings. The van der Waals surface area contributed by atoms with Crippen LogP contribution in [0.4, 0.5) is 0 Å².